The third-order valence-corrected chi connectivity index (χ3v) is 1.76. The Morgan fingerprint density at radius 2 is 2.13 bits per heavy atom. The van der Waals surface area contributed by atoms with Crippen LogP contribution in [0, 0.1) is 0 Å². The second-order valence-electron chi connectivity index (χ2n) is 2.90. The van der Waals surface area contributed by atoms with Gasteiger partial charge >= 0.3 is 5.97 Å². The number of aliphatic carboxylic acids is 1. The molecule has 1 rings (SSSR count). The summed E-state index contributed by atoms with van der Waals surface area (Å²) in [6.45, 7) is -0.205. The van der Waals surface area contributed by atoms with Crippen LogP contribution in [0.4, 0.5) is 5.95 Å². The largest absolute Gasteiger partial charge is 0.480 e. The lowest BCUT2D eigenvalue weighted by Crippen LogP contribution is -2.39. The first-order valence-electron chi connectivity index (χ1n) is 4.27. The van der Waals surface area contributed by atoms with Gasteiger partial charge in [-0.2, -0.15) is 0 Å². The molecule has 1 atom stereocenters. The molecular formula is C8H12N4O3. The highest BCUT2D eigenvalue weighted by atomic mass is 16.4. The molecule has 0 saturated heterocycles. The molecule has 5 N–H and O–H groups in total. The van der Waals surface area contributed by atoms with E-state index in [1.165, 1.54) is 12.4 Å². The molecule has 0 aliphatic rings. The van der Waals surface area contributed by atoms with Gasteiger partial charge in [-0.3, -0.25) is 10.1 Å². The lowest BCUT2D eigenvalue weighted by Gasteiger charge is -2.10. The summed E-state index contributed by atoms with van der Waals surface area (Å²) in [5.74, 6) is -0.940. The lowest BCUT2D eigenvalue weighted by atomic mass is 10.3. The standard InChI is InChI=1S/C8H12N4O3/c9-8-11-2-5(3-12-8)1-10-6(4-13)7(14)15/h2-3,6,10,13H,1,4H2,(H,14,15)(H2,9,11,12)/t6-/m1/s1. The van der Waals surface area contributed by atoms with Gasteiger partial charge in [0.25, 0.3) is 0 Å². The molecule has 82 valence electrons. The minimum absolute atomic E-state index is 0.163. The van der Waals surface area contributed by atoms with Gasteiger partial charge in [0.15, 0.2) is 0 Å². The summed E-state index contributed by atoms with van der Waals surface area (Å²) in [4.78, 5) is 18.0. The van der Waals surface area contributed by atoms with E-state index < -0.39 is 18.6 Å². The Kier molecular flexibility index (Phi) is 3.95. The minimum atomic E-state index is -1.10. The molecule has 7 heteroatoms. The van der Waals surface area contributed by atoms with Gasteiger partial charge in [-0.15, -0.1) is 0 Å². The molecule has 1 heterocycles. The van der Waals surface area contributed by atoms with E-state index in [4.69, 9.17) is 15.9 Å². The van der Waals surface area contributed by atoms with Crippen molar-refractivity contribution in [1.82, 2.24) is 15.3 Å². The average molecular weight is 212 g/mol. The number of nitrogen functional groups attached to an aromatic ring is 1. The number of carboxylic acid groups (broad SMARTS) is 1. The molecule has 0 spiro atoms. The van der Waals surface area contributed by atoms with Crippen LogP contribution >= 0.6 is 0 Å². The number of hydrogen-bond acceptors (Lipinski definition) is 6. The van der Waals surface area contributed by atoms with Gasteiger partial charge in [-0.05, 0) is 0 Å². The number of aliphatic hydroxyl groups excluding tert-OH is 1. The van der Waals surface area contributed by atoms with E-state index in [0.717, 1.165) is 0 Å². The van der Waals surface area contributed by atoms with E-state index in [-0.39, 0.29) is 12.5 Å². The van der Waals surface area contributed by atoms with Crippen LogP contribution in [0.3, 0.4) is 0 Å². The third-order valence-electron chi connectivity index (χ3n) is 1.76. The van der Waals surface area contributed by atoms with Gasteiger partial charge in [0.05, 0.1) is 6.61 Å². The molecule has 0 radical (unpaired) electrons. The van der Waals surface area contributed by atoms with Crippen molar-refractivity contribution >= 4 is 11.9 Å². The van der Waals surface area contributed by atoms with Gasteiger partial charge in [0.1, 0.15) is 6.04 Å². The molecule has 0 saturated carbocycles. The van der Waals surface area contributed by atoms with Gasteiger partial charge < -0.3 is 15.9 Å². The summed E-state index contributed by atoms with van der Waals surface area (Å²) in [5.41, 5.74) is 5.98. The van der Waals surface area contributed by atoms with Crippen molar-refractivity contribution in [3.8, 4) is 0 Å². The van der Waals surface area contributed by atoms with Crippen LogP contribution in [-0.2, 0) is 11.3 Å². The maximum atomic E-state index is 10.5. The monoisotopic (exact) mass is 212 g/mol. The van der Waals surface area contributed by atoms with Crippen LogP contribution in [0.25, 0.3) is 0 Å². The first-order valence-corrected chi connectivity index (χ1v) is 4.27. The molecule has 7 nitrogen and oxygen atoms in total. The van der Waals surface area contributed by atoms with Crippen LogP contribution in [-0.4, -0.2) is 38.8 Å². The first-order chi connectivity index (χ1) is 7.13. The van der Waals surface area contributed by atoms with E-state index in [1.807, 2.05) is 0 Å². The number of rotatable bonds is 5. The van der Waals surface area contributed by atoms with Crippen LogP contribution in [0.5, 0.6) is 0 Å². The van der Waals surface area contributed by atoms with Crippen LogP contribution < -0.4 is 11.1 Å². The summed E-state index contributed by atoms with van der Waals surface area (Å²) in [7, 11) is 0. The number of nitrogens with one attached hydrogen (secondary N) is 1. The Balaban J connectivity index is 2.49. The molecule has 1 aromatic heterocycles. The number of aromatic nitrogens is 2. The number of anilines is 1. The van der Waals surface area contributed by atoms with E-state index in [1.54, 1.807) is 0 Å². The summed E-state index contributed by atoms with van der Waals surface area (Å²) in [5, 5.41) is 20.0. The number of nitrogens with zero attached hydrogens (tertiary/aromatic N) is 2. The maximum absolute atomic E-state index is 10.5. The van der Waals surface area contributed by atoms with E-state index in [9.17, 15) is 4.79 Å². The Hall–Kier alpha value is -1.73. The fourth-order valence-corrected chi connectivity index (χ4v) is 0.927. The fraction of sp³-hybridized carbons (Fsp3) is 0.375. The first kappa shape index (κ1) is 11.3. The number of carboxylic acids is 1. The van der Waals surface area contributed by atoms with E-state index in [0.29, 0.717) is 5.56 Å². The van der Waals surface area contributed by atoms with Gasteiger partial charge in [0.2, 0.25) is 5.95 Å². The highest BCUT2D eigenvalue weighted by molar-refractivity contribution is 5.73. The molecule has 0 unspecified atom stereocenters. The number of hydrogen-bond donors (Lipinski definition) is 4. The summed E-state index contributed by atoms with van der Waals surface area (Å²) < 4.78 is 0. The quantitative estimate of drug-likeness (QED) is 0.473. The normalized spacial score (nSPS) is 12.3. The zero-order chi connectivity index (χ0) is 11.3. The Labute approximate surface area is 86.0 Å². The van der Waals surface area contributed by atoms with Crippen molar-refractivity contribution in [3.05, 3.63) is 18.0 Å². The van der Waals surface area contributed by atoms with Crippen LogP contribution in [0.2, 0.25) is 0 Å². The van der Waals surface area contributed by atoms with Crippen molar-refractivity contribution in [2.24, 2.45) is 0 Å². The van der Waals surface area contributed by atoms with E-state index >= 15 is 0 Å². The number of carbonyl (C=O) groups is 1. The van der Waals surface area contributed by atoms with Crippen molar-refractivity contribution < 1.29 is 15.0 Å². The highest BCUT2D eigenvalue weighted by Crippen LogP contribution is 1.97. The predicted molar refractivity (Wildman–Crippen MR) is 51.8 cm³/mol. The molecule has 0 amide bonds. The van der Waals surface area contributed by atoms with Crippen molar-refractivity contribution in [2.45, 2.75) is 12.6 Å². The van der Waals surface area contributed by atoms with Gasteiger partial charge in [-0.25, -0.2) is 9.97 Å². The Morgan fingerprint density at radius 3 is 2.60 bits per heavy atom. The van der Waals surface area contributed by atoms with Crippen molar-refractivity contribution in [1.29, 1.82) is 0 Å². The minimum Gasteiger partial charge on any atom is -0.480 e. The van der Waals surface area contributed by atoms with Crippen molar-refractivity contribution in [2.75, 3.05) is 12.3 Å². The highest BCUT2D eigenvalue weighted by Gasteiger charge is 2.14. The molecule has 0 aliphatic heterocycles. The molecule has 0 aliphatic carbocycles. The molecule has 0 aromatic carbocycles. The summed E-state index contributed by atoms with van der Waals surface area (Å²) in [6, 6.07) is -0.984. The second-order valence-corrected chi connectivity index (χ2v) is 2.90. The molecular weight excluding hydrogens is 200 g/mol. The number of nitrogens with two attached hydrogens (primary N) is 1. The topological polar surface area (TPSA) is 121 Å². The predicted octanol–water partition coefficient (Wildman–Crippen LogP) is -1.41. The molecule has 15 heavy (non-hydrogen) atoms. The fourth-order valence-electron chi connectivity index (χ4n) is 0.927. The number of aliphatic hydroxyl groups is 1. The SMILES string of the molecule is Nc1ncc(CN[C@H](CO)C(=O)O)cn1. The second kappa shape index (κ2) is 5.23. The average Bonchev–Trinajstić information content (AvgIpc) is 2.21. The van der Waals surface area contributed by atoms with Gasteiger partial charge in [-0.1, -0.05) is 0 Å². The summed E-state index contributed by atoms with van der Waals surface area (Å²) in [6.07, 6.45) is 2.98. The Bertz CT molecular complexity index is 327. The third kappa shape index (κ3) is 3.49. The summed E-state index contributed by atoms with van der Waals surface area (Å²) >= 11 is 0. The van der Waals surface area contributed by atoms with Crippen LogP contribution in [0.1, 0.15) is 5.56 Å². The lowest BCUT2D eigenvalue weighted by molar-refractivity contribution is -0.140. The van der Waals surface area contributed by atoms with Gasteiger partial charge in [0, 0.05) is 24.5 Å². The molecule has 0 bridgehead atoms. The molecule has 0 fully saturated rings. The maximum Gasteiger partial charge on any atom is 0.323 e. The van der Waals surface area contributed by atoms with Crippen molar-refractivity contribution in [3.63, 3.8) is 0 Å². The Morgan fingerprint density at radius 1 is 1.53 bits per heavy atom. The molecule has 1 aromatic rings. The smallest absolute Gasteiger partial charge is 0.323 e. The van der Waals surface area contributed by atoms with Crippen LogP contribution in [0.15, 0.2) is 12.4 Å². The zero-order valence-electron chi connectivity index (χ0n) is 7.92. The van der Waals surface area contributed by atoms with E-state index in [2.05, 4.69) is 15.3 Å². The zero-order valence-corrected chi connectivity index (χ0v) is 7.92.